The lowest BCUT2D eigenvalue weighted by molar-refractivity contribution is 0.0296. The molecule has 0 radical (unpaired) electrons. The van der Waals surface area contributed by atoms with Crippen molar-refractivity contribution < 1.29 is 18.3 Å². The summed E-state index contributed by atoms with van der Waals surface area (Å²) in [5, 5.41) is 0. The van der Waals surface area contributed by atoms with E-state index in [1.54, 1.807) is 23.3 Å². The molecule has 5 nitrogen and oxygen atoms in total. The maximum atomic E-state index is 13.5. The molecule has 3 heterocycles. The Hall–Kier alpha value is -2.60. The van der Waals surface area contributed by atoms with Crippen molar-refractivity contribution in [1.29, 1.82) is 0 Å². The van der Waals surface area contributed by atoms with E-state index in [-0.39, 0.29) is 11.7 Å². The van der Waals surface area contributed by atoms with Gasteiger partial charge in [0.1, 0.15) is 11.5 Å². The summed E-state index contributed by atoms with van der Waals surface area (Å²) in [5.74, 6) is -0.342. The van der Waals surface area contributed by atoms with Gasteiger partial charge in [-0.1, -0.05) is 12.1 Å². The molecule has 1 fully saturated rings. The Labute approximate surface area is 138 Å². The third kappa shape index (κ3) is 2.69. The number of carbonyl (C=O) groups excluding carboxylic acids is 1. The van der Waals surface area contributed by atoms with Crippen LogP contribution in [0.15, 0.2) is 47.1 Å². The Morgan fingerprint density at radius 1 is 1.17 bits per heavy atom. The maximum Gasteiger partial charge on any atom is 0.270 e. The Balaban J connectivity index is 1.72. The van der Waals surface area contributed by atoms with Crippen molar-refractivity contribution in [2.24, 2.45) is 0 Å². The molecule has 1 saturated heterocycles. The van der Waals surface area contributed by atoms with Crippen LogP contribution in [0.25, 0.3) is 11.1 Å². The normalized spacial score (nSPS) is 15.1. The van der Waals surface area contributed by atoms with Gasteiger partial charge in [0.25, 0.3) is 5.91 Å². The molecule has 1 amide bonds. The third-order valence-electron chi connectivity index (χ3n) is 4.27. The van der Waals surface area contributed by atoms with Crippen LogP contribution in [0.2, 0.25) is 0 Å². The largest absolute Gasteiger partial charge is 0.463 e. The van der Waals surface area contributed by atoms with Gasteiger partial charge in [-0.2, -0.15) is 0 Å². The SMILES string of the molecule is O=C(c1cc2occc2n1Cc1cccc(F)c1)N1CCOCC1. The van der Waals surface area contributed by atoms with E-state index in [4.69, 9.17) is 9.15 Å². The van der Waals surface area contributed by atoms with Crippen molar-refractivity contribution in [3.05, 3.63) is 59.7 Å². The molecule has 0 bridgehead atoms. The number of nitrogens with zero attached hydrogens (tertiary/aromatic N) is 2. The van der Waals surface area contributed by atoms with Gasteiger partial charge in [0.05, 0.1) is 25.0 Å². The molecule has 0 spiro atoms. The fraction of sp³-hybridized carbons (Fsp3) is 0.278. The van der Waals surface area contributed by atoms with E-state index < -0.39 is 0 Å². The second-order valence-electron chi connectivity index (χ2n) is 5.82. The lowest BCUT2D eigenvalue weighted by atomic mass is 10.2. The molecular weight excluding hydrogens is 311 g/mol. The molecule has 0 saturated carbocycles. The summed E-state index contributed by atoms with van der Waals surface area (Å²) in [6, 6.07) is 9.99. The molecule has 1 aromatic carbocycles. The number of aromatic nitrogens is 1. The number of rotatable bonds is 3. The zero-order valence-corrected chi connectivity index (χ0v) is 13.1. The summed E-state index contributed by atoms with van der Waals surface area (Å²) in [6.07, 6.45) is 1.59. The van der Waals surface area contributed by atoms with E-state index in [1.165, 1.54) is 12.1 Å². The van der Waals surface area contributed by atoms with Gasteiger partial charge in [-0.05, 0) is 17.7 Å². The molecule has 124 valence electrons. The molecule has 6 heteroatoms. The van der Waals surface area contributed by atoms with E-state index in [2.05, 4.69) is 0 Å². The Morgan fingerprint density at radius 3 is 2.79 bits per heavy atom. The third-order valence-corrected chi connectivity index (χ3v) is 4.27. The van der Waals surface area contributed by atoms with Crippen LogP contribution in [0.1, 0.15) is 16.1 Å². The number of benzene rings is 1. The summed E-state index contributed by atoms with van der Waals surface area (Å²) < 4.78 is 26.1. The molecule has 1 aliphatic rings. The first-order chi connectivity index (χ1) is 11.7. The summed E-state index contributed by atoms with van der Waals surface area (Å²) in [7, 11) is 0. The predicted octanol–water partition coefficient (Wildman–Crippen LogP) is 2.89. The van der Waals surface area contributed by atoms with Gasteiger partial charge in [-0.3, -0.25) is 4.79 Å². The molecular formula is C18H17FN2O3. The Kier molecular flexibility index (Phi) is 3.82. The van der Waals surface area contributed by atoms with Gasteiger partial charge in [0.15, 0.2) is 5.58 Å². The summed E-state index contributed by atoms with van der Waals surface area (Å²) in [5.41, 5.74) is 2.83. The van der Waals surface area contributed by atoms with Gasteiger partial charge in [0, 0.05) is 31.8 Å². The van der Waals surface area contributed by atoms with Gasteiger partial charge < -0.3 is 18.6 Å². The monoisotopic (exact) mass is 328 g/mol. The van der Waals surface area contributed by atoms with E-state index in [1.807, 2.05) is 16.7 Å². The predicted molar refractivity (Wildman–Crippen MR) is 86.4 cm³/mol. The standard InChI is InChI=1S/C18H17FN2O3/c19-14-3-1-2-13(10-14)12-21-15-4-7-24-17(15)11-16(21)18(22)20-5-8-23-9-6-20/h1-4,7,10-11H,5-6,8-9,12H2. The van der Waals surface area contributed by atoms with Crippen molar-refractivity contribution >= 4 is 17.0 Å². The minimum absolute atomic E-state index is 0.0545. The summed E-state index contributed by atoms with van der Waals surface area (Å²) >= 11 is 0. The highest BCUT2D eigenvalue weighted by molar-refractivity contribution is 5.97. The lowest BCUT2D eigenvalue weighted by Gasteiger charge is -2.27. The van der Waals surface area contributed by atoms with Crippen LogP contribution >= 0.6 is 0 Å². The molecule has 0 atom stereocenters. The number of halogens is 1. The highest BCUT2D eigenvalue weighted by atomic mass is 19.1. The summed E-state index contributed by atoms with van der Waals surface area (Å²) in [4.78, 5) is 14.7. The smallest absolute Gasteiger partial charge is 0.270 e. The first-order valence-corrected chi connectivity index (χ1v) is 7.90. The van der Waals surface area contributed by atoms with Crippen LogP contribution < -0.4 is 0 Å². The van der Waals surface area contributed by atoms with E-state index in [0.29, 0.717) is 44.1 Å². The highest BCUT2D eigenvalue weighted by Crippen LogP contribution is 2.24. The van der Waals surface area contributed by atoms with Crippen LogP contribution in [0.5, 0.6) is 0 Å². The quantitative estimate of drug-likeness (QED) is 0.743. The van der Waals surface area contributed by atoms with Crippen LogP contribution in [-0.4, -0.2) is 41.7 Å². The lowest BCUT2D eigenvalue weighted by Crippen LogP contribution is -2.41. The molecule has 0 N–H and O–H groups in total. The first-order valence-electron chi connectivity index (χ1n) is 7.90. The van der Waals surface area contributed by atoms with E-state index in [9.17, 15) is 9.18 Å². The molecule has 1 aliphatic heterocycles. The number of morpholine rings is 1. The van der Waals surface area contributed by atoms with Crippen molar-refractivity contribution in [3.8, 4) is 0 Å². The van der Waals surface area contributed by atoms with Crippen LogP contribution in [-0.2, 0) is 11.3 Å². The van der Waals surface area contributed by atoms with Crippen molar-refractivity contribution in [2.75, 3.05) is 26.3 Å². The maximum absolute atomic E-state index is 13.5. The van der Waals surface area contributed by atoms with Crippen LogP contribution in [0.4, 0.5) is 4.39 Å². The second kappa shape index (κ2) is 6.13. The topological polar surface area (TPSA) is 47.6 Å². The Bertz CT molecular complexity index is 877. The molecule has 2 aromatic heterocycles. The fourth-order valence-corrected chi connectivity index (χ4v) is 3.07. The van der Waals surface area contributed by atoms with Gasteiger partial charge in [-0.15, -0.1) is 0 Å². The van der Waals surface area contributed by atoms with Crippen molar-refractivity contribution in [3.63, 3.8) is 0 Å². The highest BCUT2D eigenvalue weighted by Gasteiger charge is 2.24. The number of hydrogen-bond donors (Lipinski definition) is 0. The summed E-state index contributed by atoms with van der Waals surface area (Å²) in [6.45, 7) is 2.65. The average Bonchev–Trinajstić information content (AvgIpc) is 3.18. The number of amides is 1. The zero-order valence-electron chi connectivity index (χ0n) is 13.1. The van der Waals surface area contributed by atoms with Crippen LogP contribution in [0.3, 0.4) is 0 Å². The van der Waals surface area contributed by atoms with E-state index >= 15 is 0 Å². The van der Waals surface area contributed by atoms with Gasteiger partial charge in [0.2, 0.25) is 0 Å². The first kappa shape index (κ1) is 15.0. The molecule has 4 rings (SSSR count). The Morgan fingerprint density at radius 2 is 2.00 bits per heavy atom. The molecule has 0 aliphatic carbocycles. The van der Waals surface area contributed by atoms with E-state index in [0.717, 1.165) is 11.1 Å². The average molecular weight is 328 g/mol. The molecule has 0 unspecified atom stereocenters. The fourth-order valence-electron chi connectivity index (χ4n) is 3.07. The number of hydrogen-bond acceptors (Lipinski definition) is 3. The van der Waals surface area contributed by atoms with Gasteiger partial charge >= 0.3 is 0 Å². The second-order valence-corrected chi connectivity index (χ2v) is 5.82. The zero-order chi connectivity index (χ0) is 16.5. The van der Waals surface area contributed by atoms with Crippen molar-refractivity contribution in [1.82, 2.24) is 9.47 Å². The number of carbonyl (C=O) groups is 1. The number of fused-ring (bicyclic) bond motifs is 1. The minimum atomic E-state index is -0.288. The van der Waals surface area contributed by atoms with Crippen LogP contribution in [0, 0.1) is 5.82 Å². The molecule has 3 aromatic rings. The number of ether oxygens (including phenoxy) is 1. The number of furan rings is 1. The molecule has 24 heavy (non-hydrogen) atoms. The van der Waals surface area contributed by atoms with Gasteiger partial charge in [-0.25, -0.2) is 4.39 Å². The van der Waals surface area contributed by atoms with Crippen molar-refractivity contribution in [2.45, 2.75) is 6.54 Å². The minimum Gasteiger partial charge on any atom is -0.463 e.